The van der Waals surface area contributed by atoms with E-state index in [-0.39, 0.29) is 85.5 Å². The average molecular weight is 1080 g/mol. The molecule has 8 aromatic rings. The number of methoxy groups -OCH3 is 1. The summed E-state index contributed by atoms with van der Waals surface area (Å²) in [5.41, 5.74) is 1.25. The van der Waals surface area contributed by atoms with E-state index in [1.165, 1.54) is 48.0 Å². The van der Waals surface area contributed by atoms with Crippen LogP contribution in [0.25, 0.3) is 37.7 Å². The molecule has 0 amide bonds. The number of thiazole rings is 1. The number of azo groups is 3. The molecule has 0 spiro atoms. The molecule has 0 saturated carbocycles. The minimum absolute atomic E-state index is 0.0198. The van der Waals surface area contributed by atoms with Crippen molar-refractivity contribution < 1.29 is 74.9 Å². The van der Waals surface area contributed by atoms with Crippen LogP contribution in [-0.2, 0) is 39.0 Å². The quantitative estimate of drug-likeness (QED) is 0.0109. The molecule has 0 aliphatic carbocycles. The van der Waals surface area contributed by atoms with Crippen LogP contribution in [0.3, 0.4) is 0 Å². The van der Waals surface area contributed by atoms with Gasteiger partial charge in [-0.15, -0.1) is 39.4 Å². The number of hydrogen-bond donors (Lipinski definition) is 6. The number of ether oxygens (including phenoxy) is 2. The van der Waals surface area contributed by atoms with Gasteiger partial charge in [0.1, 0.15) is 45.1 Å². The fraction of sp³-hybridized carbons (Fsp3) is 0.146. The second-order valence-electron chi connectivity index (χ2n) is 14.7. The monoisotopic (exact) mass is 1080 g/mol. The molecule has 0 aliphatic rings. The first-order valence-corrected chi connectivity index (χ1v) is 25.4. The van der Waals surface area contributed by atoms with Gasteiger partial charge < -0.3 is 19.7 Å². The number of aromatic nitrogens is 3. The van der Waals surface area contributed by atoms with Gasteiger partial charge in [0.05, 0.1) is 80.3 Å². The van der Waals surface area contributed by atoms with E-state index in [0.29, 0.717) is 49.5 Å². The Morgan fingerprint density at radius 3 is 2.19 bits per heavy atom. The lowest BCUT2D eigenvalue weighted by atomic mass is 10.1. The van der Waals surface area contributed by atoms with Gasteiger partial charge >= 0.3 is 0 Å². The van der Waals surface area contributed by atoms with Crippen LogP contribution < -0.4 is 9.47 Å². The van der Waals surface area contributed by atoms with E-state index in [2.05, 4.69) is 59.4 Å². The number of nitrogens with zero attached hydrogens (tertiary/aromatic N) is 10. The van der Waals surface area contributed by atoms with Crippen molar-refractivity contribution in [3.63, 3.8) is 0 Å². The van der Waals surface area contributed by atoms with Crippen LogP contribution in [0, 0.1) is 25.2 Å². The number of fused-ring (bicyclic) bond motifs is 5. The number of aryl methyl sites for hydroxylation is 1. The molecule has 372 valence electrons. The third-order valence-corrected chi connectivity index (χ3v) is 14.2. The number of rotatable bonds is 19. The van der Waals surface area contributed by atoms with Crippen LogP contribution in [0.4, 0.5) is 33.6 Å². The van der Waals surface area contributed by atoms with E-state index in [0.717, 1.165) is 12.1 Å². The molecule has 5 aromatic carbocycles. The normalized spacial score (nSPS) is 12.5. The molecule has 0 saturated heterocycles. The number of hydrogen-bond acceptors (Lipinski definition) is 26. The van der Waals surface area contributed by atoms with E-state index in [1.807, 2.05) is 6.07 Å². The zero-order chi connectivity index (χ0) is 51.5. The summed E-state index contributed by atoms with van der Waals surface area (Å²) < 4.78 is 91.5. The molecule has 72 heavy (non-hydrogen) atoms. The summed E-state index contributed by atoms with van der Waals surface area (Å²) in [6.45, 7) is 2.86. The molecule has 0 unspecified atom stereocenters. The highest BCUT2D eigenvalue weighted by molar-refractivity contribution is 7.95. The Morgan fingerprint density at radius 2 is 1.49 bits per heavy atom. The van der Waals surface area contributed by atoms with Crippen LogP contribution in [0.5, 0.6) is 23.1 Å². The molecule has 0 atom stereocenters. The SMILES string of the molecule is COc1cc2sc(N=Nc3cc(OCCCS(=O)(=O)O)c(N=Nc4c(SOOO)cc5c(S(=O)(=O)O)c(N=Nc6c(C)c(C#N)c7nc8ccccc8n7c6O)ccc5c4O)cc3C)nc2cc1SOOO. The average Bonchev–Trinajstić information content (AvgIpc) is 3.93. The Kier molecular flexibility index (Phi) is 15.2. The van der Waals surface area contributed by atoms with Gasteiger partial charge in [-0.3, -0.25) is 13.5 Å². The molecule has 0 bridgehead atoms. The number of imidazole rings is 1. The second kappa shape index (κ2) is 21.4. The van der Waals surface area contributed by atoms with Crippen molar-refractivity contribution in [1.29, 1.82) is 5.26 Å². The van der Waals surface area contributed by atoms with Crippen LogP contribution in [0.1, 0.15) is 23.1 Å². The molecular weight excluding hydrogens is 1050 g/mol. The number of nitriles is 1. The maximum absolute atomic E-state index is 13.2. The molecule has 0 radical (unpaired) electrons. The summed E-state index contributed by atoms with van der Waals surface area (Å²) in [5, 5.41) is 83.2. The molecule has 6 N–H and O–H groups in total. The first-order valence-electron chi connectivity index (χ1n) is 20.0. The topological polar surface area (TPSA) is 373 Å². The summed E-state index contributed by atoms with van der Waals surface area (Å²) in [6.07, 6.45) is -0.161. The number of benzene rings is 5. The molecule has 26 nitrogen and oxygen atoms in total. The number of pyridine rings is 1. The number of phenolic OH excluding ortho intramolecular Hbond substituents is 1. The van der Waals surface area contributed by atoms with E-state index >= 15 is 0 Å². The van der Waals surface area contributed by atoms with Gasteiger partial charge in [0.25, 0.3) is 20.2 Å². The zero-order valence-corrected chi connectivity index (χ0v) is 40.8. The highest BCUT2D eigenvalue weighted by atomic mass is 32.2. The maximum Gasteiger partial charge on any atom is 0.297 e. The Balaban J connectivity index is 1.19. The first kappa shape index (κ1) is 51.3. The van der Waals surface area contributed by atoms with Crippen molar-refractivity contribution >= 4 is 127 Å². The van der Waals surface area contributed by atoms with Gasteiger partial charge in [-0.25, -0.2) is 20.5 Å². The lowest BCUT2D eigenvalue weighted by molar-refractivity contribution is -0.432. The first-order chi connectivity index (χ1) is 34.4. The Labute approximate surface area is 417 Å². The lowest BCUT2D eigenvalue weighted by Crippen LogP contribution is -2.08. The molecule has 31 heteroatoms. The standard InChI is InChI=1S/C41H32N10O16S5/c1-19-13-27(30(63-11-6-12-71(56,57)58)15-26(19)46-50-41-44-28-16-33(69-66-64-54)31(62-3)17-32(28)68-41)47-49-36-34(70-67-65-55)14-22-21(37(36)52)9-10-25(38(22)72(59,60)61)45-48-35-20(2)23(18-42)39-43-24-7-4-5-8-29(24)51(39)40(35)53/h4-5,7-10,13-17,52-55H,6,11-12H2,1-3H3,(H,56,57,58)(H,59,60,61). The summed E-state index contributed by atoms with van der Waals surface area (Å²) in [6, 6.07) is 18.4. The largest absolute Gasteiger partial charge is 0.505 e. The minimum atomic E-state index is -5.24. The Bertz CT molecular complexity index is 3830. The highest BCUT2D eigenvalue weighted by Crippen LogP contribution is 2.49. The Hall–Kier alpha value is -7.03. The summed E-state index contributed by atoms with van der Waals surface area (Å²) in [7, 11) is -8.15. The van der Waals surface area contributed by atoms with Crippen LogP contribution >= 0.6 is 35.4 Å². The van der Waals surface area contributed by atoms with Crippen molar-refractivity contribution in [2.24, 2.45) is 30.7 Å². The minimum Gasteiger partial charge on any atom is -0.505 e. The van der Waals surface area contributed by atoms with Crippen LogP contribution in [0.2, 0.25) is 0 Å². The fourth-order valence-corrected chi connectivity index (χ4v) is 10.2. The number of para-hydroxylation sites is 2. The molecule has 3 heterocycles. The maximum atomic E-state index is 13.2. The Morgan fingerprint density at radius 1 is 0.778 bits per heavy atom. The second-order valence-corrected chi connectivity index (χ2v) is 20.1. The van der Waals surface area contributed by atoms with Crippen LogP contribution in [-0.4, -0.2) is 80.5 Å². The molecule has 8 rings (SSSR count). The van der Waals surface area contributed by atoms with E-state index in [1.54, 1.807) is 43.3 Å². The van der Waals surface area contributed by atoms with E-state index in [4.69, 9.17) is 20.0 Å². The summed E-state index contributed by atoms with van der Waals surface area (Å²) in [5.74, 6) is -1.49. The smallest absolute Gasteiger partial charge is 0.297 e. The molecule has 0 aliphatic heterocycles. The van der Waals surface area contributed by atoms with Crippen molar-refractivity contribution in [1.82, 2.24) is 14.4 Å². The van der Waals surface area contributed by atoms with Gasteiger partial charge in [-0.1, -0.05) is 33.5 Å². The fourth-order valence-electron chi connectivity index (χ4n) is 7.10. The van der Waals surface area contributed by atoms with Gasteiger partial charge in [0.2, 0.25) is 11.0 Å². The lowest BCUT2D eigenvalue weighted by Gasteiger charge is -2.13. The van der Waals surface area contributed by atoms with E-state index in [9.17, 15) is 41.4 Å². The van der Waals surface area contributed by atoms with Crippen molar-refractivity contribution in [3.05, 3.63) is 83.4 Å². The molecule has 0 fully saturated rings. The summed E-state index contributed by atoms with van der Waals surface area (Å²) >= 11 is 2.08. The van der Waals surface area contributed by atoms with Crippen molar-refractivity contribution in [2.75, 3.05) is 19.5 Å². The van der Waals surface area contributed by atoms with Crippen molar-refractivity contribution in [2.45, 2.75) is 35.0 Å². The van der Waals surface area contributed by atoms with Gasteiger partial charge in [0.15, 0.2) is 17.1 Å². The van der Waals surface area contributed by atoms with E-state index < -0.39 is 53.9 Å². The molecule has 3 aromatic heterocycles. The third kappa shape index (κ3) is 10.8. The predicted molar refractivity (Wildman–Crippen MR) is 257 cm³/mol. The van der Waals surface area contributed by atoms with Gasteiger partial charge in [-0.2, -0.15) is 22.1 Å². The zero-order valence-electron chi connectivity index (χ0n) is 36.8. The molecular formula is C41H32N10O16S5. The number of phenols is 1. The predicted octanol–water partition coefficient (Wildman–Crippen LogP) is 11.2. The highest BCUT2D eigenvalue weighted by Gasteiger charge is 2.27. The van der Waals surface area contributed by atoms with Gasteiger partial charge in [-0.05, 0) is 68.3 Å². The van der Waals surface area contributed by atoms with Crippen molar-refractivity contribution in [3.8, 4) is 29.2 Å². The van der Waals surface area contributed by atoms with Gasteiger partial charge in [0, 0.05) is 28.5 Å². The van der Waals surface area contributed by atoms with Crippen LogP contribution in [0.15, 0.2) is 112 Å². The summed E-state index contributed by atoms with van der Waals surface area (Å²) in [4.78, 5) is 8.22. The third-order valence-electron chi connectivity index (χ3n) is 10.3. The number of aromatic hydroxyl groups is 2.